The first kappa shape index (κ1) is 14.0. The van der Waals surface area contributed by atoms with Crippen LogP contribution >= 0.6 is 0 Å². The van der Waals surface area contributed by atoms with E-state index in [0.717, 1.165) is 6.08 Å². The van der Waals surface area contributed by atoms with Crippen LogP contribution in [0.15, 0.2) is 51.8 Å². The highest BCUT2D eigenvalue weighted by molar-refractivity contribution is 7.89. The molecule has 6 nitrogen and oxygen atoms in total. The second-order valence-electron chi connectivity index (χ2n) is 3.94. The molecule has 0 fully saturated rings. The molecule has 0 aliphatic carbocycles. The number of nitrogens with two attached hydrogens (primary N) is 1. The molecule has 1 aromatic heterocycles. The van der Waals surface area contributed by atoms with E-state index in [1.807, 2.05) is 0 Å². The topological polar surface area (TPSA) is 111 Å². The molecule has 0 radical (unpaired) electrons. The molecule has 0 unspecified atom stereocenters. The van der Waals surface area contributed by atoms with Crippen LogP contribution in [0.1, 0.15) is 5.76 Å². The lowest BCUT2D eigenvalue weighted by Crippen LogP contribution is -2.11. The number of carbonyl (C=O) groups is 1. The molecule has 2 aromatic rings. The number of aliphatic carboxylic acids is 1. The minimum Gasteiger partial charge on any atom is -0.478 e. The Kier molecular flexibility index (Phi) is 3.73. The van der Waals surface area contributed by atoms with Gasteiger partial charge in [-0.25, -0.2) is 18.4 Å². The van der Waals surface area contributed by atoms with Crippen LogP contribution in [-0.4, -0.2) is 19.5 Å². The fourth-order valence-corrected chi connectivity index (χ4v) is 2.08. The lowest BCUT2D eigenvalue weighted by atomic mass is 10.2. The van der Waals surface area contributed by atoms with Gasteiger partial charge >= 0.3 is 5.97 Å². The first-order chi connectivity index (χ1) is 9.36. The molecular formula is C13H11NO5S. The molecule has 0 aliphatic rings. The van der Waals surface area contributed by atoms with E-state index < -0.39 is 16.0 Å². The average Bonchev–Trinajstić information content (AvgIpc) is 2.84. The van der Waals surface area contributed by atoms with Gasteiger partial charge < -0.3 is 9.52 Å². The lowest BCUT2D eigenvalue weighted by Gasteiger charge is -2.00. The van der Waals surface area contributed by atoms with Crippen molar-refractivity contribution in [1.29, 1.82) is 0 Å². The first-order valence-electron chi connectivity index (χ1n) is 5.50. The quantitative estimate of drug-likeness (QED) is 0.833. The second kappa shape index (κ2) is 5.32. The zero-order valence-electron chi connectivity index (χ0n) is 10.2. The van der Waals surface area contributed by atoms with Crippen molar-refractivity contribution >= 4 is 22.1 Å². The van der Waals surface area contributed by atoms with Crippen LogP contribution < -0.4 is 5.14 Å². The number of benzene rings is 1. The number of furan rings is 1. The predicted octanol–water partition coefficient (Wildman–Crippen LogP) is 1.69. The van der Waals surface area contributed by atoms with Gasteiger partial charge in [-0.2, -0.15) is 0 Å². The molecule has 0 spiro atoms. The fraction of sp³-hybridized carbons (Fsp3) is 0. The number of carboxylic acid groups (broad SMARTS) is 1. The van der Waals surface area contributed by atoms with Gasteiger partial charge in [0.05, 0.1) is 4.90 Å². The van der Waals surface area contributed by atoms with Crippen molar-refractivity contribution in [2.24, 2.45) is 5.14 Å². The standard InChI is InChI=1S/C13H11NO5S/c14-20(17,18)11-5-1-9(2-6-11)12-7-3-10(19-12)4-8-13(15)16/h1-8H,(H,15,16)(H2,14,17,18). The maximum Gasteiger partial charge on any atom is 0.328 e. The predicted molar refractivity (Wildman–Crippen MR) is 72.2 cm³/mol. The summed E-state index contributed by atoms with van der Waals surface area (Å²) in [5.74, 6) is -0.186. The van der Waals surface area contributed by atoms with Gasteiger partial charge in [0.2, 0.25) is 10.0 Å². The third-order valence-corrected chi connectivity index (χ3v) is 3.41. The van der Waals surface area contributed by atoms with Gasteiger partial charge in [0, 0.05) is 11.6 Å². The Morgan fingerprint density at radius 3 is 2.35 bits per heavy atom. The highest BCUT2D eigenvalue weighted by Crippen LogP contribution is 2.24. The number of hydrogen-bond acceptors (Lipinski definition) is 4. The van der Waals surface area contributed by atoms with Crippen LogP contribution in [0.5, 0.6) is 0 Å². The Morgan fingerprint density at radius 2 is 1.80 bits per heavy atom. The zero-order valence-corrected chi connectivity index (χ0v) is 11.0. The third-order valence-electron chi connectivity index (χ3n) is 2.48. The minimum absolute atomic E-state index is 0.0128. The summed E-state index contributed by atoms with van der Waals surface area (Å²) in [7, 11) is -3.72. The molecule has 0 atom stereocenters. The molecule has 0 saturated carbocycles. The molecule has 7 heteroatoms. The van der Waals surface area contributed by atoms with Crippen LogP contribution in [0.4, 0.5) is 0 Å². The zero-order chi connectivity index (χ0) is 14.8. The van der Waals surface area contributed by atoms with Crippen molar-refractivity contribution in [2.45, 2.75) is 4.90 Å². The van der Waals surface area contributed by atoms with Gasteiger partial charge in [0.15, 0.2) is 0 Å². The van der Waals surface area contributed by atoms with Gasteiger partial charge in [-0.1, -0.05) is 0 Å². The highest BCUT2D eigenvalue weighted by atomic mass is 32.2. The Hall–Kier alpha value is -2.38. The van der Waals surface area contributed by atoms with Crippen molar-refractivity contribution in [3.8, 4) is 11.3 Å². The Bertz CT molecular complexity index is 756. The van der Waals surface area contributed by atoms with E-state index in [2.05, 4.69) is 0 Å². The number of carboxylic acids is 1. The van der Waals surface area contributed by atoms with Crippen molar-refractivity contribution in [2.75, 3.05) is 0 Å². The normalized spacial score (nSPS) is 11.8. The number of sulfonamides is 1. The summed E-state index contributed by atoms with van der Waals surface area (Å²) in [6, 6.07) is 9.14. The Labute approximate surface area is 115 Å². The second-order valence-corrected chi connectivity index (χ2v) is 5.50. The summed E-state index contributed by atoms with van der Waals surface area (Å²) in [6.07, 6.45) is 2.29. The molecule has 20 heavy (non-hydrogen) atoms. The molecule has 0 saturated heterocycles. The molecule has 1 aromatic carbocycles. The molecule has 0 aliphatic heterocycles. The molecule has 104 valence electrons. The van der Waals surface area contributed by atoms with Crippen molar-refractivity contribution in [3.05, 3.63) is 48.2 Å². The lowest BCUT2D eigenvalue weighted by molar-refractivity contribution is -0.131. The van der Waals surface area contributed by atoms with Gasteiger partial charge in [0.25, 0.3) is 0 Å². The largest absolute Gasteiger partial charge is 0.478 e. The van der Waals surface area contributed by atoms with E-state index in [1.54, 1.807) is 24.3 Å². The summed E-state index contributed by atoms with van der Waals surface area (Å²) in [6.45, 7) is 0. The smallest absolute Gasteiger partial charge is 0.328 e. The van der Waals surface area contributed by atoms with Crippen molar-refractivity contribution < 1.29 is 22.7 Å². The van der Waals surface area contributed by atoms with Crippen LogP contribution in [0.25, 0.3) is 17.4 Å². The summed E-state index contributed by atoms with van der Waals surface area (Å²) in [4.78, 5) is 10.4. The van der Waals surface area contributed by atoms with E-state index in [4.69, 9.17) is 14.7 Å². The van der Waals surface area contributed by atoms with Gasteiger partial charge in [-0.3, -0.25) is 0 Å². The fourth-order valence-electron chi connectivity index (χ4n) is 1.56. The summed E-state index contributed by atoms with van der Waals surface area (Å²) < 4.78 is 27.7. The number of rotatable bonds is 4. The van der Waals surface area contributed by atoms with E-state index in [-0.39, 0.29) is 4.90 Å². The highest BCUT2D eigenvalue weighted by Gasteiger charge is 2.09. The van der Waals surface area contributed by atoms with Crippen molar-refractivity contribution in [3.63, 3.8) is 0 Å². The van der Waals surface area contributed by atoms with Gasteiger partial charge in [0.1, 0.15) is 11.5 Å². The van der Waals surface area contributed by atoms with Crippen molar-refractivity contribution in [1.82, 2.24) is 0 Å². The van der Waals surface area contributed by atoms with E-state index in [9.17, 15) is 13.2 Å². The van der Waals surface area contributed by atoms with Gasteiger partial charge in [-0.15, -0.1) is 0 Å². The first-order valence-corrected chi connectivity index (χ1v) is 7.05. The minimum atomic E-state index is -3.72. The summed E-state index contributed by atoms with van der Waals surface area (Å²) >= 11 is 0. The third kappa shape index (κ3) is 3.34. The number of primary sulfonamides is 1. The van der Waals surface area contributed by atoms with Gasteiger partial charge in [-0.05, 0) is 42.5 Å². The molecule has 0 bridgehead atoms. The Morgan fingerprint density at radius 1 is 1.15 bits per heavy atom. The van der Waals surface area contributed by atoms with E-state index >= 15 is 0 Å². The molecule has 2 rings (SSSR count). The van der Waals surface area contributed by atoms with E-state index in [1.165, 1.54) is 18.2 Å². The summed E-state index contributed by atoms with van der Waals surface area (Å²) in [5.41, 5.74) is 0.660. The van der Waals surface area contributed by atoms with Crippen LogP contribution in [0, 0.1) is 0 Å². The number of hydrogen-bond donors (Lipinski definition) is 2. The van der Waals surface area contributed by atoms with Crippen LogP contribution in [0.3, 0.4) is 0 Å². The average molecular weight is 293 g/mol. The Balaban J connectivity index is 2.27. The summed E-state index contributed by atoms with van der Waals surface area (Å²) in [5, 5.41) is 13.5. The van der Waals surface area contributed by atoms with Crippen LogP contribution in [-0.2, 0) is 14.8 Å². The molecule has 1 heterocycles. The molecule has 3 N–H and O–H groups in total. The monoisotopic (exact) mass is 293 g/mol. The molecule has 0 amide bonds. The maximum atomic E-state index is 11.1. The van der Waals surface area contributed by atoms with E-state index in [0.29, 0.717) is 17.1 Å². The van der Waals surface area contributed by atoms with Crippen LogP contribution in [0.2, 0.25) is 0 Å². The maximum absolute atomic E-state index is 11.1. The SMILES string of the molecule is NS(=O)(=O)c1ccc(-c2ccc(C=CC(=O)O)o2)cc1. The molecular weight excluding hydrogens is 282 g/mol.